The minimum absolute atomic E-state index is 0.0709. The maximum Gasteiger partial charge on any atom is 0.330 e. The summed E-state index contributed by atoms with van der Waals surface area (Å²) in [6.45, 7) is 6.17. The summed E-state index contributed by atoms with van der Waals surface area (Å²) in [7, 11) is 3.32. The van der Waals surface area contributed by atoms with Gasteiger partial charge in [0, 0.05) is 25.5 Å². The van der Waals surface area contributed by atoms with E-state index in [0.717, 1.165) is 29.2 Å². The van der Waals surface area contributed by atoms with Crippen molar-refractivity contribution in [1.82, 2.24) is 23.8 Å². The van der Waals surface area contributed by atoms with E-state index in [1.165, 1.54) is 11.2 Å². The van der Waals surface area contributed by atoms with E-state index in [1.54, 1.807) is 35.5 Å². The third-order valence-corrected chi connectivity index (χ3v) is 6.57. The molecule has 4 heterocycles. The lowest BCUT2D eigenvalue weighted by Gasteiger charge is -2.11. The second-order valence-electron chi connectivity index (χ2n) is 8.02. The van der Waals surface area contributed by atoms with E-state index >= 15 is 0 Å². The van der Waals surface area contributed by atoms with Crippen LogP contribution in [-0.2, 0) is 14.1 Å². The van der Waals surface area contributed by atoms with Crippen LogP contribution in [0.3, 0.4) is 0 Å². The molecule has 0 saturated carbocycles. The van der Waals surface area contributed by atoms with E-state index in [2.05, 4.69) is 29.1 Å². The van der Waals surface area contributed by atoms with E-state index < -0.39 is 0 Å². The van der Waals surface area contributed by atoms with Gasteiger partial charge in [0.15, 0.2) is 11.2 Å². The SMILES string of the molecule is CCC.Cc1cc2on(C)c(=O)c2cc1Nc1ncc2c(n1)n(C1CCSC1)c(=O)n2C. The quantitative estimate of drug-likeness (QED) is 0.501. The molecule has 1 unspecified atom stereocenters. The van der Waals surface area contributed by atoms with Gasteiger partial charge in [-0.1, -0.05) is 20.3 Å². The first-order valence-electron chi connectivity index (χ1n) is 10.7. The highest BCUT2D eigenvalue weighted by Crippen LogP contribution is 2.30. The number of hydrogen-bond donors (Lipinski definition) is 1. The molecule has 5 rings (SSSR count). The molecule has 3 aromatic heterocycles. The highest BCUT2D eigenvalue weighted by Gasteiger charge is 2.24. The number of aromatic nitrogens is 5. The lowest BCUT2D eigenvalue weighted by molar-refractivity contribution is 0.324. The van der Waals surface area contributed by atoms with Gasteiger partial charge in [0.25, 0.3) is 5.56 Å². The minimum atomic E-state index is -0.199. The predicted molar refractivity (Wildman–Crippen MR) is 129 cm³/mol. The molecule has 1 fully saturated rings. The van der Waals surface area contributed by atoms with Crippen molar-refractivity contribution in [3.63, 3.8) is 0 Å². The number of rotatable bonds is 3. The molecule has 1 N–H and O–H groups in total. The van der Waals surface area contributed by atoms with E-state index in [0.29, 0.717) is 28.1 Å². The van der Waals surface area contributed by atoms with E-state index in [-0.39, 0.29) is 17.3 Å². The first-order chi connectivity index (χ1) is 15.3. The number of thioether (sulfide) groups is 1. The minimum Gasteiger partial charge on any atom is -0.376 e. The molecule has 1 aromatic carbocycles. The van der Waals surface area contributed by atoms with Crippen molar-refractivity contribution in [2.45, 2.75) is 39.7 Å². The summed E-state index contributed by atoms with van der Waals surface area (Å²) in [5.41, 5.74) is 3.21. The molecule has 0 bridgehead atoms. The molecule has 1 aliphatic heterocycles. The molecule has 10 heteroatoms. The first-order valence-corrected chi connectivity index (χ1v) is 11.9. The Labute approximate surface area is 189 Å². The van der Waals surface area contributed by atoms with Crippen LogP contribution >= 0.6 is 11.8 Å². The van der Waals surface area contributed by atoms with Crippen molar-refractivity contribution >= 4 is 45.5 Å². The highest BCUT2D eigenvalue weighted by molar-refractivity contribution is 7.99. The van der Waals surface area contributed by atoms with E-state index in [4.69, 9.17) is 4.52 Å². The molecule has 1 atom stereocenters. The largest absolute Gasteiger partial charge is 0.376 e. The first kappa shape index (κ1) is 22.2. The summed E-state index contributed by atoms with van der Waals surface area (Å²) >= 11 is 1.85. The fraction of sp³-hybridized carbons (Fsp3) is 0.455. The number of nitrogens with one attached hydrogen (secondary N) is 1. The number of anilines is 2. The Hall–Kier alpha value is -3.01. The summed E-state index contributed by atoms with van der Waals surface area (Å²) in [6.07, 6.45) is 3.87. The molecular formula is C22H28N6O3S. The second kappa shape index (κ2) is 8.85. The molecule has 0 amide bonds. The fourth-order valence-electron chi connectivity index (χ4n) is 3.79. The third kappa shape index (κ3) is 3.83. The summed E-state index contributed by atoms with van der Waals surface area (Å²) in [5, 5.41) is 3.68. The Morgan fingerprint density at radius 2 is 2.00 bits per heavy atom. The fourth-order valence-corrected chi connectivity index (χ4v) is 4.98. The van der Waals surface area contributed by atoms with Crippen LogP contribution in [0.1, 0.15) is 38.3 Å². The van der Waals surface area contributed by atoms with Crippen LogP contribution < -0.4 is 16.6 Å². The lowest BCUT2D eigenvalue weighted by atomic mass is 10.1. The van der Waals surface area contributed by atoms with Gasteiger partial charge >= 0.3 is 5.69 Å². The van der Waals surface area contributed by atoms with Crippen LogP contribution in [0.5, 0.6) is 0 Å². The van der Waals surface area contributed by atoms with Crippen molar-refractivity contribution in [2.24, 2.45) is 14.1 Å². The molecule has 170 valence electrons. The topological polar surface area (TPSA) is 99.9 Å². The molecule has 32 heavy (non-hydrogen) atoms. The molecule has 0 radical (unpaired) electrons. The van der Waals surface area contributed by atoms with Crippen molar-refractivity contribution in [3.8, 4) is 0 Å². The second-order valence-corrected chi connectivity index (χ2v) is 9.17. The molecule has 0 aliphatic carbocycles. The maximum atomic E-state index is 12.8. The van der Waals surface area contributed by atoms with Crippen LogP contribution in [0.2, 0.25) is 0 Å². The number of fused-ring (bicyclic) bond motifs is 2. The van der Waals surface area contributed by atoms with Gasteiger partial charge in [0.05, 0.1) is 17.6 Å². The predicted octanol–water partition coefficient (Wildman–Crippen LogP) is 3.72. The Morgan fingerprint density at radius 1 is 1.25 bits per heavy atom. The van der Waals surface area contributed by atoms with Gasteiger partial charge in [-0.2, -0.15) is 21.5 Å². The van der Waals surface area contributed by atoms with E-state index in [1.807, 2.05) is 24.8 Å². The zero-order valence-corrected chi connectivity index (χ0v) is 19.8. The zero-order chi connectivity index (χ0) is 23.0. The lowest BCUT2D eigenvalue weighted by Crippen LogP contribution is -2.26. The summed E-state index contributed by atoms with van der Waals surface area (Å²) in [6, 6.07) is 3.70. The summed E-state index contributed by atoms with van der Waals surface area (Å²) < 4.78 is 10.0. The Morgan fingerprint density at radius 3 is 2.69 bits per heavy atom. The maximum absolute atomic E-state index is 12.8. The molecule has 4 aromatic rings. The van der Waals surface area contributed by atoms with Crippen molar-refractivity contribution in [2.75, 3.05) is 16.8 Å². The molecule has 9 nitrogen and oxygen atoms in total. The van der Waals surface area contributed by atoms with Crippen LogP contribution in [0.25, 0.3) is 22.1 Å². The van der Waals surface area contributed by atoms with E-state index in [9.17, 15) is 9.59 Å². The van der Waals surface area contributed by atoms with Crippen molar-refractivity contribution in [1.29, 1.82) is 0 Å². The summed E-state index contributed by atoms with van der Waals surface area (Å²) in [4.78, 5) is 34.0. The average molecular weight is 457 g/mol. The standard InChI is InChI=1S/C19H20N6O3S.C3H8/c1-10-6-15-12(17(26)24(3)28-15)7-13(10)21-18-20-8-14-16(22-18)25(19(27)23(14)2)11-4-5-29-9-11;1-3-2/h6-8,11H,4-5,9H2,1-3H3,(H,20,21,22);3H2,1-2H3. The Bertz CT molecular complexity index is 1390. The van der Waals surface area contributed by atoms with Gasteiger partial charge in [-0.05, 0) is 36.8 Å². The van der Waals surface area contributed by atoms with Crippen LogP contribution in [0, 0.1) is 6.92 Å². The molecule has 1 aliphatic rings. The van der Waals surface area contributed by atoms with Gasteiger partial charge in [-0.15, -0.1) is 0 Å². The average Bonchev–Trinajstić information content (AvgIpc) is 3.43. The Kier molecular flexibility index (Phi) is 6.14. The van der Waals surface area contributed by atoms with Gasteiger partial charge in [0.2, 0.25) is 5.95 Å². The molecule has 1 saturated heterocycles. The van der Waals surface area contributed by atoms with Crippen LogP contribution in [0.15, 0.2) is 32.4 Å². The monoisotopic (exact) mass is 456 g/mol. The molecular weight excluding hydrogens is 428 g/mol. The van der Waals surface area contributed by atoms with Crippen molar-refractivity contribution < 1.29 is 4.52 Å². The molecule has 0 spiro atoms. The van der Waals surface area contributed by atoms with Crippen molar-refractivity contribution in [3.05, 3.63) is 44.7 Å². The smallest absolute Gasteiger partial charge is 0.330 e. The normalized spacial score (nSPS) is 15.8. The number of nitrogens with zero attached hydrogens (tertiary/aromatic N) is 5. The number of benzene rings is 1. The van der Waals surface area contributed by atoms with Gasteiger partial charge in [-0.3, -0.25) is 13.9 Å². The number of hydrogen-bond acceptors (Lipinski definition) is 7. The Balaban J connectivity index is 0.000000775. The van der Waals surface area contributed by atoms with Crippen LogP contribution in [0.4, 0.5) is 11.6 Å². The zero-order valence-electron chi connectivity index (χ0n) is 19.0. The van der Waals surface area contributed by atoms with Gasteiger partial charge in [-0.25, -0.2) is 9.78 Å². The number of imidazole rings is 1. The van der Waals surface area contributed by atoms with Gasteiger partial charge < -0.3 is 9.84 Å². The highest BCUT2D eigenvalue weighted by atomic mass is 32.2. The summed E-state index contributed by atoms with van der Waals surface area (Å²) in [5.74, 6) is 2.33. The van der Waals surface area contributed by atoms with Crippen LogP contribution in [-0.4, -0.2) is 35.3 Å². The van der Waals surface area contributed by atoms with Gasteiger partial charge in [0.1, 0.15) is 5.52 Å². The number of aryl methyl sites for hydroxylation is 3. The third-order valence-electron chi connectivity index (χ3n) is 5.43.